The van der Waals surface area contributed by atoms with Gasteiger partial charge in [-0.2, -0.15) is 18.3 Å². The molecule has 2 aliphatic heterocycles. The number of pyridine rings is 1. The number of carbonyl (C=O) groups is 1. The van der Waals surface area contributed by atoms with Crippen LogP contribution in [-0.2, 0) is 16.1 Å². The fourth-order valence-electron chi connectivity index (χ4n) is 4.85. The second-order valence-electron chi connectivity index (χ2n) is 8.95. The van der Waals surface area contributed by atoms with Crippen LogP contribution in [0.3, 0.4) is 0 Å². The molecule has 0 bridgehead atoms. The van der Waals surface area contributed by atoms with E-state index in [2.05, 4.69) is 10.2 Å². The highest BCUT2D eigenvalue weighted by molar-refractivity contribution is 6.04. The molecule has 1 amide bonds. The number of morpholine rings is 1. The number of hydrogen-bond acceptors (Lipinski definition) is 5. The molecule has 1 unspecified atom stereocenters. The highest BCUT2D eigenvalue weighted by atomic mass is 19.4. The average molecular weight is 487 g/mol. The smallest absolute Gasteiger partial charge is 0.372 e. The van der Waals surface area contributed by atoms with E-state index in [-0.39, 0.29) is 29.0 Å². The fraction of sp³-hybridized carbons (Fsp3) is 0.375. The Morgan fingerprint density at radius 2 is 1.91 bits per heavy atom. The van der Waals surface area contributed by atoms with Gasteiger partial charge in [0, 0.05) is 30.4 Å². The number of halogens is 3. The molecule has 2 aromatic heterocycles. The number of aromatic nitrogens is 3. The maximum absolute atomic E-state index is 13.5. The number of benzene rings is 1. The largest absolute Gasteiger partial charge is 0.406 e. The van der Waals surface area contributed by atoms with Crippen molar-refractivity contribution in [2.45, 2.75) is 44.8 Å². The standard InChI is InChI=1S/C24H24F3N5O3/c1-14-11-30(12-15(2)35-14)23(34)19-5-3-4-8-31(19)16-6-7-17-20(9-16)32(13-24(25,26)27)22(33)18-10-28-29-21(17)18/h3-10,14-15,19H,11-13H2,1-2H3,(H,28,29)/t14-,15+,19?. The minimum atomic E-state index is -4.60. The van der Waals surface area contributed by atoms with Gasteiger partial charge in [0.15, 0.2) is 0 Å². The Kier molecular flexibility index (Phi) is 5.66. The van der Waals surface area contributed by atoms with E-state index in [1.165, 1.54) is 12.3 Å². The molecule has 0 saturated carbocycles. The van der Waals surface area contributed by atoms with Gasteiger partial charge in [-0.1, -0.05) is 12.2 Å². The minimum Gasteiger partial charge on any atom is -0.372 e. The number of aromatic amines is 1. The van der Waals surface area contributed by atoms with Crippen molar-refractivity contribution in [2.75, 3.05) is 18.0 Å². The monoisotopic (exact) mass is 487 g/mol. The Hall–Kier alpha value is -3.60. The van der Waals surface area contributed by atoms with Crippen LogP contribution < -0.4 is 10.5 Å². The molecular formula is C24H24F3N5O3. The van der Waals surface area contributed by atoms with E-state index in [9.17, 15) is 22.8 Å². The van der Waals surface area contributed by atoms with E-state index in [4.69, 9.17) is 4.74 Å². The zero-order chi connectivity index (χ0) is 24.9. The van der Waals surface area contributed by atoms with Crippen molar-refractivity contribution in [3.63, 3.8) is 0 Å². The van der Waals surface area contributed by atoms with Crippen molar-refractivity contribution in [2.24, 2.45) is 0 Å². The number of nitrogens with zero attached hydrogens (tertiary/aromatic N) is 4. The van der Waals surface area contributed by atoms with E-state index in [1.54, 1.807) is 46.4 Å². The summed E-state index contributed by atoms with van der Waals surface area (Å²) < 4.78 is 46.6. The van der Waals surface area contributed by atoms with E-state index < -0.39 is 24.3 Å². The molecule has 0 radical (unpaired) electrons. The quantitative estimate of drug-likeness (QED) is 0.613. The normalized spacial score (nSPS) is 22.9. The van der Waals surface area contributed by atoms with Crippen LogP contribution in [0.4, 0.5) is 18.9 Å². The summed E-state index contributed by atoms with van der Waals surface area (Å²) in [6.45, 7) is 3.28. The van der Waals surface area contributed by atoms with Crippen molar-refractivity contribution in [1.82, 2.24) is 19.7 Å². The molecule has 184 valence electrons. The first-order valence-corrected chi connectivity index (χ1v) is 11.3. The SMILES string of the molecule is C[C@@H]1CN(C(=O)C2C=CC=CN2c2ccc3c4[nH]ncc4c(=O)n(CC(F)(F)F)c3c2)C[C@H](C)O1. The number of amides is 1. The van der Waals surface area contributed by atoms with Crippen molar-refractivity contribution in [3.8, 4) is 0 Å². The molecule has 4 heterocycles. The van der Waals surface area contributed by atoms with Crippen LogP contribution in [0.25, 0.3) is 21.8 Å². The van der Waals surface area contributed by atoms with Crippen LogP contribution >= 0.6 is 0 Å². The Bertz CT molecular complexity index is 1400. The number of hydrogen-bond donors (Lipinski definition) is 1. The predicted octanol–water partition coefficient (Wildman–Crippen LogP) is 3.33. The van der Waals surface area contributed by atoms with Gasteiger partial charge >= 0.3 is 6.18 Å². The second kappa shape index (κ2) is 8.56. The van der Waals surface area contributed by atoms with Gasteiger partial charge in [-0.25, -0.2) is 0 Å². The summed E-state index contributed by atoms with van der Waals surface area (Å²) in [7, 11) is 0. The minimum absolute atomic E-state index is 0.0823. The Morgan fingerprint density at radius 1 is 1.17 bits per heavy atom. The Labute approximate surface area is 198 Å². The maximum atomic E-state index is 13.5. The van der Waals surface area contributed by atoms with Crippen LogP contribution in [-0.4, -0.2) is 63.1 Å². The Morgan fingerprint density at radius 3 is 2.63 bits per heavy atom. The van der Waals surface area contributed by atoms with Crippen LogP contribution in [0.2, 0.25) is 0 Å². The molecule has 3 aromatic rings. The lowest BCUT2D eigenvalue weighted by atomic mass is 10.1. The van der Waals surface area contributed by atoms with Crippen LogP contribution in [0.15, 0.2) is 53.6 Å². The van der Waals surface area contributed by atoms with Crippen molar-refractivity contribution in [1.29, 1.82) is 0 Å². The highest BCUT2D eigenvalue weighted by Gasteiger charge is 2.34. The number of ether oxygens (including phenoxy) is 1. The molecule has 1 N–H and O–H groups in total. The van der Waals surface area contributed by atoms with E-state index in [1.807, 2.05) is 13.8 Å². The zero-order valence-corrected chi connectivity index (χ0v) is 19.1. The van der Waals surface area contributed by atoms with E-state index in [0.717, 1.165) is 0 Å². The van der Waals surface area contributed by atoms with E-state index in [0.29, 0.717) is 34.2 Å². The van der Waals surface area contributed by atoms with Gasteiger partial charge in [0.2, 0.25) is 5.91 Å². The molecule has 1 aromatic carbocycles. The molecule has 5 rings (SSSR count). The molecule has 1 fully saturated rings. The van der Waals surface area contributed by atoms with E-state index >= 15 is 0 Å². The van der Waals surface area contributed by atoms with Crippen LogP contribution in [0, 0.1) is 0 Å². The topological polar surface area (TPSA) is 83.5 Å². The third kappa shape index (κ3) is 4.31. The van der Waals surface area contributed by atoms with Crippen LogP contribution in [0.1, 0.15) is 13.8 Å². The number of nitrogens with one attached hydrogen (secondary N) is 1. The average Bonchev–Trinajstić information content (AvgIpc) is 3.30. The third-order valence-electron chi connectivity index (χ3n) is 6.23. The maximum Gasteiger partial charge on any atom is 0.406 e. The molecule has 0 spiro atoms. The van der Waals surface area contributed by atoms with Crippen LogP contribution in [0.5, 0.6) is 0 Å². The summed E-state index contributed by atoms with van der Waals surface area (Å²) in [5, 5.41) is 7.08. The molecule has 1 saturated heterocycles. The van der Waals surface area contributed by atoms with Gasteiger partial charge in [0.1, 0.15) is 12.6 Å². The number of rotatable bonds is 3. The predicted molar refractivity (Wildman–Crippen MR) is 125 cm³/mol. The van der Waals surface area contributed by atoms with Gasteiger partial charge < -0.3 is 14.5 Å². The summed E-state index contributed by atoms with van der Waals surface area (Å²) in [5.41, 5.74) is 0.172. The molecule has 2 aliphatic rings. The van der Waals surface area contributed by atoms with Gasteiger partial charge in [-0.15, -0.1) is 0 Å². The summed E-state index contributed by atoms with van der Waals surface area (Å²) in [5.74, 6) is -0.135. The zero-order valence-electron chi connectivity index (χ0n) is 19.1. The third-order valence-corrected chi connectivity index (χ3v) is 6.23. The molecule has 8 nitrogen and oxygen atoms in total. The van der Waals surface area contributed by atoms with Crippen molar-refractivity contribution < 1.29 is 22.7 Å². The lowest BCUT2D eigenvalue weighted by Gasteiger charge is -2.39. The molecule has 0 aliphatic carbocycles. The van der Waals surface area contributed by atoms with Crippen molar-refractivity contribution in [3.05, 3.63) is 59.2 Å². The molecule has 11 heteroatoms. The first kappa shape index (κ1) is 23.2. The number of anilines is 1. The number of allylic oxidation sites excluding steroid dienone is 2. The lowest BCUT2D eigenvalue weighted by Crippen LogP contribution is -2.54. The number of H-pyrrole nitrogens is 1. The fourth-order valence-corrected chi connectivity index (χ4v) is 4.85. The van der Waals surface area contributed by atoms with Gasteiger partial charge in [0.05, 0.1) is 34.8 Å². The Balaban J connectivity index is 1.59. The number of carbonyl (C=O) groups excluding carboxylic acids is 1. The lowest BCUT2D eigenvalue weighted by molar-refractivity contribution is -0.143. The summed E-state index contributed by atoms with van der Waals surface area (Å²) >= 11 is 0. The van der Waals surface area contributed by atoms with Gasteiger partial charge in [-0.05, 0) is 38.1 Å². The summed E-state index contributed by atoms with van der Waals surface area (Å²) in [6, 6.07) is 4.19. The number of fused-ring (bicyclic) bond motifs is 3. The number of alkyl halides is 3. The first-order chi connectivity index (χ1) is 16.6. The highest BCUT2D eigenvalue weighted by Crippen LogP contribution is 2.30. The molecule has 35 heavy (non-hydrogen) atoms. The first-order valence-electron chi connectivity index (χ1n) is 11.3. The summed E-state index contributed by atoms with van der Waals surface area (Å²) in [4.78, 5) is 29.8. The molecular weight excluding hydrogens is 463 g/mol. The van der Waals surface area contributed by atoms with Gasteiger partial charge in [-0.3, -0.25) is 19.3 Å². The second-order valence-corrected chi connectivity index (χ2v) is 8.95. The summed E-state index contributed by atoms with van der Waals surface area (Å²) in [6.07, 6.45) is 3.40. The molecule has 3 atom stereocenters. The van der Waals surface area contributed by atoms with Gasteiger partial charge in [0.25, 0.3) is 5.56 Å². The van der Waals surface area contributed by atoms with Crippen molar-refractivity contribution >= 4 is 33.4 Å².